The molecule has 0 aliphatic carbocycles. The summed E-state index contributed by atoms with van der Waals surface area (Å²) in [4.78, 5) is 27.0. The van der Waals surface area contributed by atoms with E-state index in [2.05, 4.69) is 5.32 Å². The number of nitrogens with zero attached hydrogens (tertiary/aromatic N) is 2. The summed E-state index contributed by atoms with van der Waals surface area (Å²) in [5, 5.41) is 12.5. The van der Waals surface area contributed by atoms with Crippen LogP contribution in [0.2, 0.25) is 0 Å². The van der Waals surface area contributed by atoms with E-state index in [1.807, 2.05) is 57.2 Å². The molecule has 0 heterocycles. The van der Waals surface area contributed by atoms with Gasteiger partial charge in [0, 0.05) is 18.8 Å². The van der Waals surface area contributed by atoms with Crippen molar-refractivity contribution >= 4 is 17.6 Å². The number of para-hydroxylation sites is 1. The molecular formula is C25H29N3O3. The molecule has 0 saturated carbocycles. The average Bonchev–Trinajstić information content (AvgIpc) is 2.78. The number of rotatable bonds is 10. The quantitative estimate of drug-likeness (QED) is 0.256. The number of esters is 1. The first kappa shape index (κ1) is 23.7. The maximum atomic E-state index is 13.0. The van der Waals surface area contributed by atoms with E-state index in [0.29, 0.717) is 24.4 Å². The van der Waals surface area contributed by atoms with E-state index >= 15 is 0 Å². The Kier molecular flexibility index (Phi) is 9.31. The Morgan fingerprint density at radius 3 is 2.45 bits per heavy atom. The van der Waals surface area contributed by atoms with Crippen molar-refractivity contribution in [3.63, 3.8) is 0 Å². The van der Waals surface area contributed by atoms with Gasteiger partial charge in [-0.25, -0.2) is 4.79 Å². The van der Waals surface area contributed by atoms with Crippen LogP contribution in [0.15, 0.2) is 66.4 Å². The smallest absolute Gasteiger partial charge is 0.340 e. The number of nitriles is 1. The summed E-state index contributed by atoms with van der Waals surface area (Å²) in [5.41, 5.74) is 1.77. The molecular weight excluding hydrogens is 390 g/mol. The maximum absolute atomic E-state index is 13.0. The number of carbonyl (C=O) groups is 2. The summed E-state index contributed by atoms with van der Waals surface area (Å²) in [5.74, 6) is -0.820. The zero-order valence-electron chi connectivity index (χ0n) is 18.3. The van der Waals surface area contributed by atoms with Gasteiger partial charge in [0.25, 0.3) is 5.91 Å². The highest BCUT2D eigenvalue weighted by atomic mass is 16.5. The maximum Gasteiger partial charge on any atom is 0.340 e. The minimum atomic E-state index is -0.442. The molecule has 0 aromatic heterocycles. The second-order valence-electron chi connectivity index (χ2n) is 7.36. The van der Waals surface area contributed by atoms with Gasteiger partial charge in [0.05, 0.1) is 17.9 Å². The highest BCUT2D eigenvalue weighted by Gasteiger charge is 2.21. The number of benzene rings is 2. The Labute approximate surface area is 184 Å². The molecule has 0 radical (unpaired) electrons. The van der Waals surface area contributed by atoms with Crippen LogP contribution in [0.25, 0.3) is 0 Å². The van der Waals surface area contributed by atoms with Gasteiger partial charge in [0.1, 0.15) is 11.6 Å². The second-order valence-corrected chi connectivity index (χ2v) is 7.36. The molecule has 0 unspecified atom stereocenters. The van der Waals surface area contributed by atoms with Crippen LogP contribution in [0.5, 0.6) is 0 Å². The third-order valence-electron chi connectivity index (χ3n) is 4.68. The van der Waals surface area contributed by atoms with Gasteiger partial charge < -0.3 is 15.0 Å². The van der Waals surface area contributed by atoms with E-state index < -0.39 is 5.97 Å². The minimum absolute atomic E-state index is 0.0428. The molecule has 6 nitrogen and oxygen atoms in total. The first-order valence-corrected chi connectivity index (χ1v) is 10.5. The molecule has 0 fully saturated rings. The van der Waals surface area contributed by atoms with Crippen molar-refractivity contribution < 1.29 is 14.3 Å². The van der Waals surface area contributed by atoms with Crippen molar-refractivity contribution in [3.05, 3.63) is 77.5 Å². The van der Waals surface area contributed by atoms with Crippen LogP contribution in [0, 0.1) is 11.3 Å². The largest absolute Gasteiger partial charge is 0.462 e. The SMILES string of the molecule is CCCCOC(=O)c1ccccc1N/C=C(/C#N)C(=O)N(Cc1ccccc1)C(C)C. The fourth-order valence-corrected chi connectivity index (χ4v) is 2.89. The summed E-state index contributed by atoms with van der Waals surface area (Å²) in [6.45, 7) is 6.59. The van der Waals surface area contributed by atoms with E-state index in [1.54, 1.807) is 29.2 Å². The molecule has 2 rings (SSSR count). The van der Waals surface area contributed by atoms with Crippen LogP contribution < -0.4 is 5.32 Å². The third-order valence-corrected chi connectivity index (χ3v) is 4.68. The van der Waals surface area contributed by atoms with E-state index in [0.717, 1.165) is 18.4 Å². The number of unbranched alkanes of at least 4 members (excludes halogenated alkanes) is 1. The predicted octanol–water partition coefficient (Wildman–Crippen LogP) is 4.90. The van der Waals surface area contributed by atoms with E-state index in [1.165, 1.54) is 6.20 Å². The van der Waals surface area contributed by atoms with Gasteiger partial charge in [-0.05, 0) is 38.0 Å². The molecule has 6 heteroatoms. The van der Waals surface area contributed by atoms with Crippen molar-refractivity contribution in [2.45, 2.75) is 46.2 Å². The lowest BCUT2D eigenvalue weighted by atomic mass is 10.1. The number of hydrogen-bond donors (Lipinski definition) is 1. The van der Waals surface area contributed by atoms with Gasteiger partial charge in [-0.2, -0.15) is 5.26 Å². The van der Waals surface area contributed by atoms with Crippen LogP contribution in [-0.2, 0) is 16.1 Å². The molecule has 0 spiro atoms. The molecule has 2 aromatic carbocycles. The molecule has 0 aliphatic heterocycles. The fraction of sp³-hybridized carbons (Fsp3) is 0.320. The van der Waals surface area contributed by atoms with Crippen LogP contribution in [0.4, 0.5) is 5.69 Å². The van der Waals surface area contributed by atoms with Gasteiger partial charge >= 0.3 is 5.97 Å². The third kappa shape index (κ3) is 7.00. The Morgan fingerprint density at radius 1 is 1.13 bits per heavy atom. The number of anilines is 1. The Hall–Kier alpha value is -3.59. The van der Waals surface area contributed by atoms with Crippen LogP contribution in [0.1, 0.15) is 49.5 Å². The average molecular weight is 420 g/mol. The van der Waals surface area contributed by atoms with Gasteiger partial charge in [-0.3, -0.25) is 4.79 Å². The summed E-state index contributed by atoms with van der Waals surface area (Å²) in [6, 6.07) is 18.4. The van der Waals surface area contributed by atoms with Gasteiger partial charge in [0.15, 0.2) is 0 Å². The lowest BCUT2D eigenvalue weighted by molar-refractivity contribution is -0.129. The normalized spacial score (nSPS) is 11.0. The van der Waals surface area contributed by atoms with E-state index in [9.17, 15) is 14.9 Å². The number of ether oxygens (including phenoxy) is 1. The Morgan fingerprint density at radius 2 is 1.81 bits per heavy atom. The zero-order valence-corrected chi connectivity index (χ0v) is 18.3. The molecule has 0 aliphatic rings. The van der Waals surface area contributed by atoms with Crippen molar-refractivity contribution in [3.8, 4) is 6.07 Å². The molecule has 2 aromatic rings. The topological polar surface area (TPSA) is 82.4 Å². The van der Waals surface area contributed by atoms with E-state index in [-0.39, 0.29) is 17.5 Å². The molecule has 0 atom stereocenters. The monoisotopic (exact) mass is 419 g/mol. The minimum Gasteiger partial charge on any atom is -0.462 e. The lowest BCUT2D eigenvalue weighted by Gasteiger charge is -2.26. The van der Waals surface area contributed by atoms with Crippen LogP contribution in [0.3, 0.4) is 0 Å². The number of nitrogens with one attached hydrogen (secondary N) is 1. The summed E-state index contributed by atoms with van der Waals surface area (Å²) in [6.07, 6.45) is 3.07. The van der Waals surface area contributed by atoms with Crippen molar-refractivity contribution in [2.75, 3.05) is 11.9 Å². The van der Waals surface area contributed by atoms with Crippen molar-refractivity contribution in [1.29, 1.82) is 5.26 Å². The second kappa shape index (κ2) is 12.2. The van der Waals surface area contributed by atoms with Crippen molar-refractivity contribution in [1.82, 2.24) is 4.90 Å². The Balaban J connectivity index is 2.19. The molecule has 0 saturated heterocycles. The predicted molar refractivity (Wildman–Crippen MR) is 121 cm³/mol. The highest BCUT2D eigenvalue weighted by molar-refractivity contribution is 5.99. The van der Waals surface area contributed by atoms with Crippen LogP contribution in [-0.4, -0.2) is 29.4 Å². The number of amides is 1. The summed E-state index contributed by atoms with van der Waals surface area (Å²) >= 11 is 0. The van der Waals surface area contributed by atoms with Gasteiger partial charge in [0.2, 0.25) is 0 Å². The highest BCUT2D eigenvalue weighted by Crippen LogP contribution is 2.18. The first-order chi connectivity index (χ1) is 15.0. The lowest BCUT2D eigenvalue weighted by Crippen LogP contribution is -2.37. The van der Waals surface area contributed by atoms with Gasteiger partial charge in [-0.15, -0.1) is 0 Å². The molecule has 0 bridgehead atoms. The molecule has 1 amide bonds. The van der Waals surface area contributed by atoms with E-state index in [4.69, 9.17) is 4.74 Å². The molecule has 1 N–H and O–H groups in total. The number of hydrogen-bond acceptors (Lipinski definition) is 5. The Bertz CT molecular complexity index is 946. The number of carbonyl (C=O) groups excluding carboxylic acids is 2. The first-order valence-electron chi connectivity index (χ1n) is 10.5. The molecule has 162 valence electrons. The zero-order chi connectivity index (χ0) is 22.6. The summed E-state index contributed by atoms with van der Waals surface area (Å²) < 4.78 is 5.29. The van der Waals surface area contributed by atoms with Crippen LogP contribution >= 0.6 is 0 Å². The van der Waals surface area contributed by atoms with Crippen molar-refractivity contribution in [2.24, 2.45) is 0 Å². The summed E-state index contributed by atoms with van der Waals surface area (Å²) in [7, 11) is 0. The molecule has 31 heavy (non-hydrogen) atoms. The van der Waals surface area contributed by atoms with Gasteiger partial charge in [-0.1, -0.05) is 55.8 Å². The standard InChI is InChI=1S/C25H29N3O3/c1-4-5-15-31-25(30)22-13-9-10-14-23(22)27-17-21(16-26)24(29)28(19(2)3)18-20-11-7-6-8-12-20/h6-14,17,19,27H,4-5,15,18H2,1-3H3/b21-17-. The fourth-order valence-electron chi connectivity index (χ4n) is 2.89.